The molecule has 4 rings (SSSR count). The number of nitrogens with one attached hydrogen (secondary N) is 1. The lowest BCUT2D eigenvalue weighted by Gasteiger charge is -2.28. The average Bonchev–Trinajstić information content (AvgIpc) is 3.00. The lowest BCUT2D eigenvalue weighted by atomic mass is 9.91. The van der Waals surface area contributed by atoms with Crippen molar-refractivity contribution in [2.24, 2.45) is 11.3 Å². The van der Waals surface area contributed by atoms with Crippen molar-refractivity contribution in [3.05, 3.63) is 34.3 Å². The van der Waals surface area contributed by atoms with Crippen LogP contribution in [-0.2, 0) is 4.79 Å². The maximum absolute atomic E-state index is 13.0. The van der Waals surface area contributed by atoms with Crippen LogP contribution < -0.4 is 5.32 Å². The minimum absolute atomic E-state index is 0.292. The van der Waals surface area contributed by atoms with E-state index in [-0.39, 0.29) is 0 Å². The zero-order chi connectivity index (χ0) is 15.2. The van der Waals surface area contributed by atoms with Crippen molar-refractivity contribution >= 4 is 21.8 Å². The van der Waals surface area contributed by atoms with Gasteiger partial charge in [0.1, 0.15) is 0 Å². The molecule has 2 unspecified atom stereocenters. The second-order valence-electron chi connectivity index (χ2n) is 7.11. The first-order chi connectivity index (χ1) is 10.7. The van der Waals surface area contributed by atoms with Crippen molar-refractivity contribution in [3.8, 4) is 0 Å². The normalized spacial score (nSPS) is 29.8. The summed E-state index contributed by atoms with van der Waals surface area (Å²) in [6.07, 6.45) is 5.72. The molecule has 0 bridgehead atoms. The van der Waals surface area contributed by atoms with Crippen molar-refractivity contribution < 1.29 is 4.79 Å². The molecule has 1 aromatic carbocycles. The van der Waals surface area contributed by atoms with Gasteiger partial charge in [-0.1, -0.05) is 28.1 Å². The second-order valence-corrected chi connectivity index (χ2v) is 8.03. The van der Waals surface area contributed by atoms with Gasteiger partial charge in [0.15, 0.2) is 0 Å². The summed E-state index contributed by atoms with van der Waals surface area (Å²) < 4.78 is 1.10. The lowest BCUT2D eigenvalue weighted by molar-refractivity contribution is -0.134. The summed E-state index contributed by atoms with van der Waals surface area (Å²) in [6, 6.07) is 8.78. The highest BCUT2D eigenvalue weighted by Crippen LogP contribution is 2.59. The van der Waals surface area contributed by atoms with E-state index in [0.717, 1.165) is 43.4 Å². The summed E-state index contributed by atoms with van der Waals surface area (Å²) in [5.41, 5.74) is 1.63. The number of hydrogen-bond donors (Lipinski definition) is 1. The Bertz CT molecular complexity index is 565. The summed E-state index contributed by atoms with van der Waals surface area (Å²) in [4.78, 5) is 15.2. The minimum Gasteiger partial charge on any atom is -0.335 e. The molecule has 3 nitrogen and oxygen atoms in total. The van der Waals surface area contributed by atoms with Gasteiger partial charge in [0.2, 0.25) is 5.91 Å². The van der Waals surface area contributed by atoms with Gasteiger partial charge in [-0.15, -0.1) is 0 Å². The first-order valence-electron chi connectivity index (χ1n) is 8.46. The van der Waals surface area contributed by atoms with Crippen molar-refractivity contribution in [1.82, 2.24) is 10.2 Å². The molecule has 2 atom stereocenters. The van der Waals surface area contributed by atoms with Crippen LogP contribution in [0.2, 0.25) is 0 Å². The number of halogens is 1. The Kier molecular flexibility index (Phi) is 3.77. The molecule has 2 aliphatic heterocycles. The number of nitrogens with zero attached hydrogens (tertiary/aromatic N) is 1. The molecule has 1 amide bonds. The predicted octanol–water partition coefficient (Wildman–Crippen LogP) is 3.50. The van der Waals surface area contributed by atoms with E-state index < -0.39 is 0 Å². The van der Waals surface area contributed by atoms with E-state index in [9.17, 15) is 4.79 Å². The Labute approximate surface area is 140 Å². The summed E-state index contributed by atoms with van der Waals surface area (Å²) in [5.74, 6) is 0.720. The molecule has 3 aliphatic rings. The van der Waals surface area contributed by atoms with Crippen LogP contribution in [0.25, 0.3) is 0 Å². The van der Waals surface area contributed by atoms with Gasteiger partial charge >= 0.3 is 0 Å². The highest BCUT2D eigenvalue weighted by Gasteiger charge is 2.59. The average molecular weight is 363 g/mol. The number of amides is 1. The Morgan fingerprint density at radius 2 is 1.95 bits per heavy atom. The van der Waals surface area contributed by atoms with Crippen LogP contribution in [0.4, 0.5) is 0 Å². The zero-order valence-corrected chi connectivity index (χ0v) is 14.4. The monoisotopic (exact) mass is 362 g/mol. The fourth-order valence-corrected chi connectivity index (χ4v) is 4.70. The third-order valence-corrected chi connectivity index (χ3v) is 6.41. The van der Waals surface area contributed by atoms with E-state index in [1.165, 1.54) is 18.4 Å². The number of benzene rings is 1. The molecule has 118 valence electrons. The lowest BCUT2D eigenvalue weighted by Crippen LogP contribution is -2.36. The molecule has 22 heavy (non-hydrogen) atoms. The molecule has 0 radical (unpaired) electrons. The number of likely N-dealkylation sites (tertiary alicyclic amines) is 1. The van der Waals surface area contributed by atoms with E-state index in [1.807, 2.05) is 0 Å². The van der Waals surface area contributed by atoms with E-state index in [1.54, 1.807) is 0 Å². The smallest absolute Gasteiger partial charge is 0.226 e. The van der Waals surface area contributed by atoms with Crippen molar-refractivity contribution in [1.29, 1.82) is 0 Å². The van der Waals surface area contributed by atoms with Crippen LogP contribution in [0.15, 0.2) is 28.7 Å². The van der Waals surface area contributed by atoms with Gasteiger partial charge in [-0.25, -0.2) is 0 Å². The minimum atomic E-state index is 0.292. The summed E-state index contributed by atoms with van der Waals surface area (Å²) in [7, 11) is 0. The van der Waals surface area contributed by atoms with E-state index in [0.29, 0.717) is 23.3 Å². The Morgan fingerprint density at radius 3 is 2.68 bits per heavy atom. The molecule has 2 saturated heterocycles. The first-order valence-corrected chi connectivity index (χ1v) is 9.26. The highest BCUT2D eigenvalue weighted by molar-refractivity contribution is 9.10. The van der Waals surface area contributed by atoms with Crippen LogP contribution >= 0.6 is 15.9 Å². The number of rotatable bonds is 2. The zero-order valence-electron chi connectivity index (χ0n) is 12.9. The van der Waals surface area contributed by atoms with Gasteiger partial charge < -0.3 is 10.2 Å². The largest absolute Gasteiger partial charge is 0.335 e. The maximum atomic E-state index is 13.0. The fraction of sp³-hybridized carbons (Fsp3) is 0.611. The fourth-order valence-electron chi connectivity index (χ4n) is 4.44. The maximum Gasteiger partial charge on any atom is 0.226 e. The third-order valence-electron chi connectivity index (χ3n) is 5.88. The van der Waals surface area contributed by atoms with Gasteiger partial charge in [-0.2, -0.15) is 0 Å². The topological polar surface area (TPSA) is 32.3 Å². The number of hydrogen-bond acceptors (Lipinski definition) is 2. The van der Waals surface area contributed by atoms with Gasteiger partial charge in [-0.3, -0.25) is 4.79 Å². The summed E-state index contributed by atoms with van der Waals surface area (Å²) in [6.45, 7) is 3.10. The molecule has 2 heterocycles. The van der Waals surface area contributed by atoms with E-state index in [4.69, 9.17) is 0 Å². The van der Waals surface area contributed by atoms with E-state index in [2.05, 4.69) is 50.4 Å². The van der Waals surface area contributed by atoms with E-state index >= 15 is 0 Å². The standard InChI is InChI=1S/C18H23BrN2O/c19-14-5-3-13(4-6-14)16-2-1-11-21(16)17(22)15-12-18(15)7-9-20-10-8-18/h3-6,15-16,20H,1-2,7-12H2. The molecule has 3 fully saturated rings. The molecule has 1 aliphatic carbocycles. The summed E-state index contributed by atoms with van der Waals surface area (Å²) in [5, 5.41) is 3.42. The molecule has 1 N–H and O–H groups in total. The van der Waals surface area contributed by atoms with Crippen LogP contribution in [0, 0.1) is 11.3 Å². The molecule has 1 spiro atoms. The van der Waals surface area contributed by atoms with Crippen LogP contribution in [0.3, 0.4) is 0 Å². The predicted molar refractivity (Wildman–Crippen MR) is 90.5 cm³/mol. The summed E-state index contributed by atoms with van der Waals surface area (Å²) >= 11 is 3.49. The molecule has 1 aromatic rings. The second kappa shape index (κ2) is 5.64. The van der Waals surface area contributed by atoms with Gasteiger partial charge in [-0.05, 0) is 68.3 Å². The number of piperidine rings is 1. The number of carbonyl (C=O) groups is 1. The van der Waals surface area contributed by atoms with Crippen molar-refractivity contribution in [2.45, 2.75) is 38.1 Å². The van der Waals surface area contributed by atoms with Crippen molar-refractivity contribution in [3.63, 3.8) is 0 Å². The van der Waals surface area contributed by atoms with Crippen molar-refractivity contribution in [2.75, 3.05) is 19.6 Å². The van der Waals surface area contributed by atoms with Gasteiger partial charge in [0.05, 0.1) is 6.04 Å². The number of carbonyl (C=O) groups excluding carboxylic acids is 1. The third kappa shape index (κ3) is 2.50. The SMILES string of the molecule is O=C(C1CC12CCNCC2)N1CCCC1c1ccc(Br)cc1. The Balaban J connectivity index is 1.49. The molecule has 0 aromatic heterocycles. The van der Waals surface area contributed by atoms with Gasteiger partial charge in [0.25, 0.3) is 0 Å². The molecular weight excluding hydrogens is 340 g/mol. The van der Waals surface area contributed by atoms with Crippen LogP contribution in [-0.4, -0.2) is 30.4 Å². The molecular formula is C18H23BrN2O. The molecule has 4 heteroatoms. The Hall–Kier alpha value is -0.870. The van der Waals surface area contributed by atoms with Gasteiger partial charge in [0, 0.05) is 16.9 Å². The first kappa shape index (κ1) is 14.7. The molecule has 1 saturated carbocycles. The van der Waals surface area contributed by atoms with Crippen LogP contribution in [0.1, 0.15) is 43.7 Å². The quantitative estimate of drug-likeness (QED) is 0.872. The van der Waals surface area contributed by atoms with Crippen LogP contribution in [0.5, 0.6) is 0 Å². The Morgan fingerprint density at radius 1 is 1.23 bits per heavy atom. The highest BCUT2D eigenvalue weighted by atomic mass is 79.9.